The Hall–Kier alpha value is -3.17. The highest BCUT2D eigenvalue weighted by molar-refractivity contribution is 5.73. The molecule has 36 heavy (non-hydrogen) atoms. The largest absolute Gasteiger partial charge is 0.488 e. The van der Waals surface area contributed by atoms with Crippen molar-refractivity contribution in [3.63, 3.8) is 0 Å². The number of nitrogens with zero attached hydrogens (tertiary/aromatic N) is 5. The standard InChI is InChI=1S/C26H35N5O5/c1-15-23(36-18-10-17-11-19(17)20(12-18)25(32)34-4)9-8-21(27-15)24-22(31(3)29-28-24)14-35-26(33)30(2)13-16-6-5-7-16/h8-9,16-20H,5-7,10-14H2,1-4H3. The molecule has 2 aromatic heterocycles. The molecular formula is C26H35N5O5. The third-order valence-electron chi connectivity index (χ3n) is 8.00. The smallest absolute Gasteiger partial charge is 0.409 e. The normalized spacial score (nSPS) is 24.9. The first-order valence-electron chi connectivity index (χ1n) is 12.8. The molecule has 0 radical (unpaired) electrons. The minimum atomic E-state index is -0.349. The molecule has 4 atom stereocenters. The SMILES string of the molecule is COC(=O)C1CC(Oc2ccc(-c3nnn(C)c3COC(=O)N(C)CC3CCC3)nc2C)CC2CC21. The highest BCUT2D eigenvalue weighted by Gasteiger charge is 2.52. The van der Waals surface area contributed by atoms with Crippen LogP contribution < -0.4 is 4.74 Å². The van der Waals surface area contributed by atoms with Gasteiger partial charge in [0, 0.05) is 20.6 Å². The van der Waals surface area contributed by atoms with E-state index >= 15 is 0 Å². The summed E-state index contributed by atoms with van der Waals surface area (Å²) >= 11 is 0. The van der Waals surface area contributed by atoms with Gasteiger partial charge < -0.3 is 19.1 Å². The molecule has 3 aliphatic rings. The van der Waals surface area contributed by atoms with Gasteiger partial charge in [-0.25, -0.2) is 14.5 Å². The molecule has 194 valence electrons. The lowest BCUT2D eigenvalue weighted by Crippen LogP contribution is -2.34. The van der Waals surface area contributed by atoms with Crippen LogP contribution in [0.15, 0.2) is 12.1 Å². The first kappa shape index (κ1) is 24.5. The van der Waals surface area contributed by atoms with E-state index in [0.717, 1.165) is 25.1 Å². The number of ether oxygens (including phenoxy) is 3. The zero-order chi connectivity index (χ0) is 25.4. The van der Waals surface area contributed by atoms with Crippen molar-refractivity contribution < 1.29 is 23.8 Å². The van der Waals surface area contributed by atoms with Crippen molar-refractivity contribution in [3.05, 3.63) is 23.5 Å². The molecule has 3 saturated carbocycles. The monoisotopic (exact) mass is 497 g/mol. The topological polar surface area (TPSA) is 109 Å². The van der Waals surface area contributed by atoms with Crippen molar-refractivity contribution in [1.29, 1.82) is 0 Å². The van der Waals surface area contributed by atoms with Gasteiger partial charge in [0.25, 0.3) is 0 Å². The van der Waals surface area contributed by atoms with Gasteiger partial charge in [-0.1, -0.05) is 11.6 Å². The second-order valence-corrected chi connectivity index (χ2v) is 10.5. The van der Waals surface area contributed by atoms with Crippen LogP contribution in [0.5, 0.6) is 5.75 Å². The van der Waals surface area contributed by atoms with E-state index in [1.165, 1.54) is 26.4 Å². The molecule has 10 nitrogen and oxygen atoms in total. The zero-order valence-corrected chi connectivity index (χ0v) is 21.5. The molecular weight excluding hydrogens is 462 g/mol. The van der Waals surface area contributed by atoms with E-state index in [1.54, 1.807) is 23.7 Å². The Bertz CT molecular complexity index is 1130. The van der Waals surface area contributed by atoms with Gasteiger partial charge in [-0.3, -0.25) is 4.79 Å². The molecule has 0 N–H and O–H groups in total. The van der Waals surface area contributed by atoms with Gasteiger partial charge in [0.2, 0.25) is 0 Å². The Morgan fingerprint density at radius 3 is 2.69 bits per heavy atom. The lowest BCUT2D eigenvalue weighted by molar-refractivity contribution is -0.148. The summed E-state index contributed by atoms with van der Waals surface area (Å²) < 4.78 is 18.5. The van der Waals surface area contributed by atoms with E-state index in [1.807, 2.05) is 19.1 Å². The maximum atomic E-state index is 12.5. The number of esters is 1. The molecule has 0 aliphatic heterocycles. The molecule has 2 heterocycles. The van der Waals surface area contributed by atoms with E-state index in [4.69, 9.17) is 19.2 Å². The summed E-state index contributed by atoms with van der Waals surface area (Å²) in [5.41, 5.74) is 2.62. The molecule has 0 saturated heterocycles. The fourth-order valence-corrected chi connectivity index (χ4v) is 5.54. The fourth-order valence-electron chi connectivity index (χ4n) is 5.54. The second kappa shape index (κ2) is 10.1. The average molecular weight is 498 g/mol. The van der Waals surface area contributed by atoms with E-state index in [9.17, 15) is 9.59 Å². The molecule has 2 aromatic rings. The summed E-state index contributed by atoms with van der Waals surface area (Å²) in [6, 6.07) is 3.74. The summed E-state index contributed by atoms with van der Waals surface area (Å²) in [6.45, 7) is 2.68. The van der Waals surface area contributed by atoms with Gasteiger partial charge >= 0.3 is 12.1 Å². The van der Waals surface area contributed by atoms with Crippen LogP contribution in [0.1, 0.15) is 49.9 Å². The fraction of sp³-hybridized carbons (Fsp3) is 0.654. The summed E-state index contributed by atoms with van der Waals surface area (Å²) in [7, 11) is 5.00. The number of fused-ring (bicyclic) bond motifs is 1. The van der Waals surface area contributed by atoms with Crippen molar-refractivity contribution in [2.45, 2.75) is 58.2 Å². The Kier molecular flexibility index (Phi) is 6.85. The van der Waals surface area contributed by atoms with Crippen LogP contribution in [0.2, 0.25) is 0 Å². The lowest BCUT2D eigenvalue weighted by Gasteiger charge is -2.29. The van der Waals surface area contributed by atoms with E-state index in [2.05, 4.69) is 10.3 Å². The van der Waals surface area contributed by atoms with Gasteiger partial charge in [-0.05, 0) is 68.9 Å². The predicted molar refractivity (Wildman–Crippen MR) is 130 cm³/mol. The number of aromatic nitrogens is 4. The number of pyridine rings is 1. The molecule has 3 aliphatic carbocycles. The van der Waals surface area contributed by atoms with E-state index in [0.29, 0.717) is 47.0 Å². The molecule has 0 aromatic carbocycles. The minimum Gasteiger partial charge on any atom is -0.488 e. The maximum absolute atomic E-state index is 12.5. The number of methoxy groups -OCH3 is 1. The summed E-state index contributed by atoms with van der Waals surface area (Å²) in [5.74, 6) is 2.05. The highest BCUT2D eigenvalue weighted by atomic mass is 16.6. The maximum Gasteiger partial charge on any atom is 0.409 e. The van der Waals surface area contributed by atoms with Crippen LogP contribution in [0.4, 0.5) is 4.79 Å². The minimum absolute atomic E-state index is 0.0346. The second-order valence-electron chi connectivity index (χ2n) is 10.5. The number of hydrogen-bond acceptors (Lipinski definition) is 8. The third-order valence-corrected chi connectivity index (χ3v) is 8.00. The van der Waals surface area contributed by atoms with Crippen LogP contribution >= 0.6 is 0 Å². The lowest BCUT2D eigenvalue weighted by atomic mass is 9.85. The van der Waals surface area contributed by atoms with Crippen molar-refractivity contribution in [2.75, 3.05) is 20.7 Å². The molecule has 5 rings (SSSR count). The van der Waals surface area contributed by atoms with Crippen LogP contribution in [0.25, 0.3) is 11.4 Å². The van der Waals surface area contributed by atoms with Crippen LogP contribution in [0.3, 0.4) is 0 Å². The van der Waals surface area contributed by atoms with Gasteiger partial charge in [-0.15, -0.1) is 5.10 Å². The zero-order valence-electron chi connectivity index (χ0n) is 21.5. The third kappa shape index (κ3) is 5.03. The number of aryl methyl sites for hydroxylation is 2. The highest BCUT2D eigenvalue weighted by Crippen LogP contribution is 2.53. The number of carbonyl (C=O) groups excluding carboxylic acids is 2. The van der Waals surface area contributed by atoms with Crippen molar-refractivity contribution in [2.24, 2.45) is 30.7 Å². The summed E-state index contributed by atoms with van der Waals surface area (Å²) in [4.78, 5) is 31.0. The Morgan fingerprint density at radius 2 is 2.00 bits per heavy atom. The molecule has 0 spiro atoms. The first-order chi connectivity index (χ1) is 17.3. The number of carbonyl (C=O) groups is 2. The summed E-state index contributed by atoms with van der Waals surface area (Å²) in [5, 5.41) is 8.40. The number of rotatable bonds is 8. The Labute approximate surface area is 211 Å². The molecule has 1 amide bonds. The Morgan fingerprint density at radius 1 is 1.19 bits per heavy atom. The van der Waals surface area contributed by atoms with Crippen LogP contribution in [0, 0.1) is 30.6 Å². The van der Waals surface area contributed by atoms with Crippen molar-refractivity contribution >= 4 is 12.1 Å². The Balaban J connectivity index is 1.23. The van der Waals surface area contributed by atoms with E-state index in [-0.39, 0.29) is 30.7 Å². The van der Waals surface area contributed by atoms with Crippen LogP contribution in [-0.2, 0) is 27.9 Å². The van der Waals surface area contributed by atoms with Crippen molar-refractivity contribution in [1.82, 2.24) is 24.9 Å². The summed E-state index contributed by atoms with van der Waals surface area (Å²) in [6.07, 6.45) is 5.90. The quantitative estimate of drug-likeness (QED) is 0.510. The van der Waals surface area contributed by atoms with Crippen molar-refractivity contribution in [3.8, 4) is 17.1 Å². The van der Waals surface area contributed by atoms with E-state index < -0.39 is 0 Å². The number of hydrogen-bond donors (Lipinski definition) is 0. The van der Waals surface area contributed by atoms with Gasteiger partial charge in [0.05, 0.1) is 30.5 Å². The molecule has 0 bridgehead atoms. The number of amides is 1. The predicted octanol–water partition coefficient (Wildman–Crippen LogP) is 3.52. The first-order valence-corrected chi connectivity index (χ1v) is 12.8. The average Bonchev–Trinajstić information content (AvgIpc) is 3.53. The molecule has 10 heteroatoms. The van der Waals surface area contributed by atoms with Gasteiger partial charge in [0.15, 0.2) is 0 Å². The van der Waals surface area contributed by atoms with Gasteiger partial charge in [-0.2, -0.15) is 0 Å². The van der Waals surface area contributed by atoms with Crippen LogP contribution in [-0.4, -0.2) is 63.7 Å². The van der Waals surface area contributed by atoms with Gasteiger partial charge in [0.1, 0.15) is 23.7 Å². The molecule has 3 fully saturated rings. The molecule has 4 unspecified atom stereocenters.